The van der Waals surface area contributed by atoms with Gasteiger partial charge in [0.25, 0.3) is 0 Å². The lowest BCUT2D eigenvalue weighted by atomic mass is 9.97. The van der Waals surface area contributed by atoms with Crippen LogP contribution in [0.25, 0.3) is 21.8 Å². The molecule has 0 saturated carbocycles. The number of para-hydroxylation sites is 2. The number of hydrogen-bond donors (Lipinski definition) is 0. The molecule has 1 nitrogen and oxygen atoms in total. The first-order chi connectivity index (χ1) is 12.9. The first kappa shape index (κ1) is 18.9. The van der Waals surface area contributed by atoms with Crippen LogP contribution in [0.15, 0.2) is 48.5 Å². The molecule has 0 spiro atoms. The second-order valence-electron chi connectivity index (χ2n) is 7.56. The number of benzene rings is 2. The van der Waals surface area contributed by atoms with E-state index in [2.05, 4.69) is 55.5 Å². The molecule has 3 aromatic rings. The van der Waals surface area contributed by atoms with Crippen molar-refractivity contribution in [3.63, 3.8) is 0 Å². The van der Waals surface area contributed by atoms with E-state index in [0.717, 1.165) is 11.0 Å². The van der Waals surface area contributed by atoms with Gasteiger partial charge in [-0.3, -0.25) is 0 Å². The average Bonchev–Trinajstić information content (AvgIpc) is 2.68. The van der Waals surface area contributed by atoms with Crippen molar-refractivity contribution in [3.8, 4) is 0 Å². The van der Waals surface area contributed by atoms with Gasteiger partial charge in [-0.15, -0.1) is 0 Å². The summed E-state index contributed by atoms with van der Waals surface area (Å²) in [6.07, 6.45) is 15.1. The number of pyridine rings is 1. The summed E-state index contributed by atoms with van der Waals surface area (Å²) in [6, 6.07) is 17.2. The monoisotopic (exact) mass is 347 g/mol. The maximum Gasteiger partial charge on any atom is 0.0712 e. The van der Waals surface area contributed by atoms with Gasteiger partial charge >= 0.3 is 0 Å². The molecule has 0 aliphatic heterocycles. The summed E-state index contributed by atoms with van der Waals surface area (Å²) in [4.78, 5) is 4.84. The first-order valence-corrected chi connectivity index (χ1v) is 10.7. The highest BCUT2D eigenvalue weighted by atomic mass is 14.7. The number of hydrogen-bond acceptors (Lipinski definition) is 1. The molecule has 0 amide bonds. The molecule has 0 aliphatic rings. The summed E-state index contributed by atoms with van der Waals surface area (Å²) < 4.78 is 0. The third kappa shape index (κ3) is 5.06. The van der Waals surface area contributed by atoms with Crippen LogP contribution in [0.1, 0.15) is 76.7 Å². The van der Waals surface area contributed by atoms with Gasteiger partial charge in [0.05, 0.1) is 11.0 Å². The van der Waals surface area contributed by atoms with E-state index in [1.165, 1.54) is 87.0 Å². The average molecular weight is 348 g/mol. The molecule has 0 bridgehead atoms. The maximum absolute atomic E-state index is 4.84. The Kier molecular flexibility index (Phi) is 7.49. The molecule has 0 radical (unpaired) electrons. The zero-order valence-electron chi connectivity index (χ0n) is 16.3. The third-order valence-corrected chi connectivity index (χ3v) is 5.48. The molecule has 0 N–H and O–H groups in total. The van der Waals surface area contributed by atoms with Crippen LogP contribution in [0.4, 0.5) is 0 Å². The van der Waals surface area contributed by atoms with Gasteiger partial charge < -0.3 is 0 Å². The van der Waals surface area contributed by atoms with Crippen LogP contribution in [0, 0.1) is 0 Å². The fourth-order valence-electron chi connectivity index (χ4n) is 3.99. The van der Waals surface area contributed by atoms with Crippen LogP contribution < -0.4 is 0 Å². The second-order valence-corrected chi connectivity index (χ2v) is 7.56. The van der Waals surface area contributed by atoms with Crippen molar-refractivity contribution >= 4 is 21.8 Å². The van der Waals surface area contributed by atoms with Crippen LogP contribution in [-0.4, -0.2) is 4.98 Å². The smallest absolute Gasteiger partial charge is 0.0712 e. The molecule has 0 aliphatic carbocycles. The van der Waals surface area contributed by atoms with Crippen LogP contribution in [0.3, 0.4) is 0 Å². The minimum atomic E-state index is 1.13. The highest BCUT2D eigenvalue weighted by Crippen LogP contribution is 2.27. The summed E-state index contributed by atoms with van der Waals surface area (Å²) in [6.45, 7) is 2.29. The van der Waals surface area contributed by atoms with Gasteiger partial charge in [0.15, 0.2) is 0 Å². The van der Waals surface area contributed by atoms with E-state index in [1.54, 1.807) is 0 Å². The Hall–Kier alpha value is -1.89. The van der Waals surface area contributed by atoms with Crippen molar-refractivity contribution in [3.05, 3.63) is 54.1 Å². The minimum Gasteiger partial charge on any atom is -0.248 e. The standard InChI is InChI=1S/C25H33N/c1-2-3-4-5-6-7-8-9-10-11-16-21-22-17-12-14-19-24(22)26-25-20-15-13-18-23(21)25/h12-15,17-20H,2-11,16H2,1H3. The number of nitrogens with zero attached hydrogens (tertiary/aromatic N) is 1. The fourth-order valence-corrected chi connectivity index (χ4v) is 3.99. The quantitative estimate of drug-likeness (QED) is 0.254. The molecule has 26 heavy (non-hydrogen) atoms. The minimum absolute atomic E-state index is 1.13. The van der Waals surface area contributed by atoms with E-state index in [4.69, 9.17) is 4.98 Å². The Morgan fingerprint density at radius 1 is 0.577 bits per heavy atom. The van der Waals surface area contributed by atoms with Crippen LogP contribution in [0.5, 0.6) is 0 Å². The van der Waals surface area contributed by atoms with Crippen LogP contribution in [0.2, 0.25) is 0 Å². The second kappa shape index (κ2) is 10.3. The predicted octanol–water partition coefficient (Wildman–Crippen LogP) is 7.85. The zero-order chi connectivity index (χ0) is 18.0. The van der Waals surface area contributed by atoms with Gasteiger partial charge in [-0.25, -0.2) is 4.98 Å². The lowest BCUT2D eigenvalue weighted by Crippen LogP contribution is -1.93. The van der Waals surface area contributed by atoms with E-state index >= 15 is 0 Å². The van der Waals surface area contributed by atoms with Crippen molar-refractivity contribution < 1.29 is 0 Å². The lowest BCUT2D eigenvalue weighted by Gasteiger charge is -2.11. The molecule has 138 valence electrons. The van der Waals surface area contributed by atoms with Crippen LogP contribution >= 0.6 is 0 Å². The van der Waals surface area contributed by atoms with E-state index in [9.17, 15) is 0 Å². The number of fused-ring (bicyclic) bond motifs is 2. The molecular weight excluding hydrogens is 314 g/mol. The Bertz CT molecular complexity index is 751. The topological polar surface area (TPSA) is 12.9 Å². The third-order valence-electron chi connectivity index (χ3n) is 5.48. The Balaban J connectivity index is 1.52. The number of aryl methyl sites for hydroxylation is 1. The molecule has 1 heterocycles. The molecule has 2 aromatic carbocycles. The number of aromatic nitrogens is 1. The summed E-state index contributed by atoms with van der Waals surface area (Å²) in [5, 5.41) is 2.67. The molecule has 1 aromatic heterocycles. The SMILES string of the molecule is CCCCCCCCCCCCc1c2ccccc2nc2ccccc12. The van der Waals surface area contributed by atoms with Gasteiger partial charge in [0.2, 0.25) is 0 Å². The van der Waals surface area contributed by atoms with Gasteiger partial charge in [-0.1, -0.05) is 101 Å². The van der Waals surface area contributed by atoms with Gasteiger partial charge in [0.1, 0.15) is 0 Å². The van der Waals surface area contributed by atoms with E-state index in [-0.39, 0.29) is 0 Å². The Morgan fingerprint density at radius 3 is 1.58 bits per heavy atom. The van der Waals surface area contributed by atoms with Crippen molar-refractivity contribution in [2.24, 2.45) is 0 Å². The zero-order valence-corrected chi connectivity index (χ0v) is 16.3. The molecule has 0 atom stereocenters. The first-order valence-electron chi connectivity index (χ1n) is 10.7. The Morgan fingerprint density at radius 2 is 1.04 bits per heavy atom. The number of rotatable bonds is 11. The summed E-state index contributed by atoms with van der Waals surface area (Å²) in [7, 11) is 0. The highest BCUT2D eigenvalue weighted by molar-refractivity contribution is 5.97. The van der Waals surface area contributed by atoms with E-state index < -0.39 is 0 Å². The van der Waals surface area contributed by atoms with Crippen molar-refractivity contribution in [2.75, 3.05) is 0 Å². The molecule has 0 fully saturated rings. The van der Waals surface area contributed by atoms with E-state index in [0.29, 0.717) is 0 Å². The highest BCUT2D eigenvalue weighted by Gasteiger charge is 2.08. The summed E-state index contributed by atoms with van der Waals surface area (Å²) in [5.74, 6) is 0. The van der Waals surface area contributed by atoms with Gasteiger partial charge in [-0.2, -0.15) is 0 Å². The Labute approximate surface area is 158 Å². The van der Waals surface area contributed by atoms with Gasteiger partial charge in [-0.05, 0) is 30.5 Å². The lowest BCUT2D eigenvalue weighted by molar-refractivity contribution is 0.557. The predicted molar refractivity (Wildman–Crippen MR) is 115 cm³/mol. The van der Waals surface area contributed by atoms with E-state index in [1.807, 2.05) is 0 Å². The molecule has 3 rings (SSSR count). The van der Waals surface area contributed by atoms with Crippen molar-refractivity contribution in [1.82, 2.24) is 4.98 Å². The molecular formula is C25H33N. The largest absolute Gasteiger partial charge is 0.248 e. The maximum atomic E-state index is 4.84. The van der Waals surface area contributed by atoms with Crippen LogP contribution in [-0.2, 0) is 6.42 Å². The summed E-state index contributed by atoms with van der Waals surface area (Å²) in [5.41, 5.74) is 3.76. The number of unbranched alkanes of at least 4 members (excludes halogenated alkanes) is 9. The molecule has 0 saturated heterocycles. The molecule has 0 unspecified atom stereocenters. The fraction of sp³-hybridized carbons (Fsp3) is 0.480. The van der Waals surface area contributed by atoms with Crippen molar-refractivity contribution in [1.29, 1.82) is 0 Å². The normalized spacial score (nSPS) is 11.4. The van der Waals surface area contributed by atoms with Gasteiger partial charge in [0, 0.05) is 10.8 Å². The summed E-state index contributed by atoms with van der Waals surface area (Å²) >= 11 is 0. The van der Waals surface area contributed by atoms with Crippen molar-refractivity contribution in [2.45, 2.75) is 77.6 Å². The molecule has 1 heteroatoms.